The van der Waals surface area contributed by atoms with Crippen molar-refractivity contribution in [3.05, 3.63) is 75.8 Å². The summed E-state index contributed by atoms with van der Waals surface area (Å²) in [7, 11) is 0. The molecule has 1 saturated heterocycles. The Morgan fingerprint density at radius 1 is 0.971 bits per heavy atom. The molecular formula is C28H36N4O2. The average Bonchev–Trinajstić information content (AvgIpc) is 2.88. The summed E-state index contributed by atoms with van der Waals surface area (Å²) in [6.07, 6.45) is 4.27. The Labute approximate surface area is 202 Å². The Hall–Kier alpha value is -2.99. The summed E-state index contributed by atoms with van der Waals surface area (Å²) in [4.78, 5) is 35.4. The Kier molecular flexibility index (Phi) is 7.78. The lowest BCUT2D eigenvalue weighted by molar-refractivity contribution is 0.0549. The van der Waals surface area contributed by atoms with Gasteiger partial charge in [0.05, 0.1) is 16.9 Å². The fourth-order valence-electron chi connectivity index (χ4n) is 4.96. The lowest BCUT2D eigenvalue weighted by atomic mass is 10.1. The van der Waals surface area contributed by atoms with Gasteiger partial charge in [-0.3, -0.25) is 19.1 Å². The van der Waals surface area contributed by atoms with Crippen LogP contribution >= 0.6 is 0 Å². The summed E-state index contributed by atoms with van der Waals surface area (Å²) in [6.45, 7) is 9.82. The second-order valence-corrected chi connectivity index (χ2v) is 9.09. The van der Waals surface area contributed by atoms with E-state index in [4.69, 9.17) is 4.98 Å². The van der Waals surface area contributed by atoms with Crippen LogP contribution in [0, 0.1) is 0 Å². The van der Waals surface area contributed by atoms with E-state index in [0.29, 0.717) is 25.0 Å². The molecule has 1 aromatic heterocycles. The Bertz CT molecular complexity index is 1180. The molecule has 0 aliphatic carbocycles. The number of carbonyl (C=O) groups excluding carboxylic acids is 1. The summed E-state index contributed by atoms with van der Waals surface area (Å²) in [5.41, 5.74) is 2.83. The average molecular weight is 461 g/mol. The first-order chi connectivity index (χ1) is 16.6. The van der Waals surface area contributed by atoms with Crippen molar-refractivity contribution >= 4 is 16.8 Å². The van der Waals surface area contributed by atoms with E-state index in [1.165, 1.54) is 18.4 Å². The third-order valence-electron chi connectivity index (χ3n) is 6.95. The van der Waals surface area contributed by atoms with Crippen LogP contribution in [-0.4, -0.2) is 51.4 Å². The summed E-state index contributed by atoms with van der Waals surface area (Å²) in [5.74, 6) is 0.931. The molecule has 0 radical (unpaired) electrons. The van der Waals surface area contributed by atoms with Gasteiger partial charge >= 0.3 is 0 Å². The number of aromatic nitrogens is 2. The molecule has 2 aromatic carbocycles. The third-order valence-corrected chi connectivity index (χ3v) is 6.95. The van der Waals surface area contributed by atoms with E-state index in [0.717, 1.165) is 42.8 Å². The van der Waals surface area contributed by atoms with E-state index < -0.39 is 0 Å². The molecule has 180 valence electrons. The summed E-state index contributed by atoms with van der Waals surface area (Å²) in [5, 5.41) is 0.666. The minimum absolute atomic E-state index is 0.0257. The van der Waals surface area contributed by atoms with Crippen LogP contribution in [-0.2, 0) is 13.0 Å². The lowest BCUT2D eigenvalue weighted by Gasteiger charge is -2.39. The highest BCUT2D eigenvalue weighted by atomic mass is 16.2. The van der Waals surface area contributed by atoms with Gasteiger partial charge in [0, 0.05) is 38.3 Å². The molecule has 1 aliphatic heterocycles. The van der Waals surface area contributed by atoms with E-state index in [2.05, 4.69) is 30.9 Å². The van der Waals surface area contributed by atoms with Gasteiger partial charge < -0.3 is 4.90 Å². The van der Waals surface area contributed by atoms with Gasteiger partial charge in [0.1, 0.15) is 5.82 Å². The number of hydrogen-bond acceptors (Lipinski definition) is 4. The monoisotopic (exact) mass is 460 g/mol. The van der Waals surface area contributed by atoms with Gasteiger partial charge in [-0.15, -0.1) is 0 Å². The molecule has 0 spiro atoms. The van der Waals surface area contributed by atoms with Crippen molar-refractivity contribution in [2.75, 3.05) is 26.2 Å². The molecule has 1 amide bonds. The number of nitrogens with zero attached hydrogens (tertiary/aromatic N) is 4. The van der Waals surface area contributed by atoms with Crippen molar-refractivity contribution in [1.82, 2.24) is 19.4 Å². The molecule has 3 aromatic rings. The number of benzene rings is 2. The van der Waals surface area contributed by atoms with Crippen molar-refractivity contribution < 1.29 is 4.79 Å². The SMILES string of the molecule is CCCCc1ccc(C(=O)N2CCN(C(CC)c3nc4ccccc4c(=O)n3CC)CC2)cc1. The van der Waals surface area contributed by atoms with Crippen molar-refractivity contribution in [2.24, 2.45) is 0 Å². The fraction of sp³-hybridized carbons (Fsp3) is 0.464. The highest BCUT2D eigenvalue weighted by Gasteiger charge is 2.29. The van der Waals surface area contributed by atoms with Gasteiger partial charge in [-0.2, -0.15) is 0 Å². The molecule has 0 bridgehead atoms. The first-order valence-corrected chi connectivity index (χ1v) is 12.7. The molecule has 0 saturated carbocycles. The maximum atomic E-state index is 13.1. The van der Waals surface area contributed by atoms with Gasteiger partial charge in [0.15, 0.2) is 0 Å². The van der Waals surface area contributed by atoms with Gasteiger partial charge in [-0.05, 0) is 56.0 Å². The lowest BCUT2D eigenvalue weighted by Crippen LogP contribution is -2.50. The van der Waals surface area contributed by atoms with Crippen molar-refractivity contribution in [3.63, 3.8) is 0 Å². The quantitative estimate of drug-likeness (QED) is 0.490. The van der Waals surface area contributed by atoms with E-state index >= 15 is 0 Å². The molecule has 1 unspecified atom stereocenters. The topological polar surface area (TPSA) is 58.4 Å². The maximum Gasteiger partial charge on any atom is 0.261 e. The largest absolute Gasteiger partial charge is 0.336 e. The van der Waals surface area contributed by atoms with E-state index in [1.807, 2.05) is 52.8 Å². The molecule has 6 heteroatoms. The summed E-state index contributed by atoms with van der Waals surface area (Å²) < 4.78 is 1.81. The normalized spacial score (nSPS) is 15.6. The molecule has 6 nitrogen and oxygen atoms in total. The Morgan fingerprint density at radius 2 is 1.68 bits per heavy atom. The molecule has 1 aliphatic rings. The van der Waals surface area contributed by atoms with Crippen LogP contribution in [0.5, 0.6) is 0 Å². The highest BCUT2D eigenvalue weighted by Crippen LogP contribution is 2.25. The first kappa shape index (κ1) is 24.1. The van der Waals surface area contributed by atoms with Crippen molar-refractivity contribution in [2.45, 2.75) is 59.0 Å². The van der Waals surface area contributed by atoms with E-state index in [1.54, 1.807) is 0 Å². The number of fused-ring (bicyclic) bond motifs is 1. The second-order valence-electron chi connectivity index (χ2n) is 9.09. The standard InChI is InChI=1S/C28H36N4O2/c1-4-7-10-21-13-15-22(16-14-21)27(33)31-19-17-30(18-20-31)25(5-2)26-29-24-12-9-8-11-23(24)28(34)32(26)6-3/h8-9,11-16,25H,4-7,10,17-20H2,1-3H3. The maximum absolute atomic E-state index is 13.1. The number of carbonyl (C=O) groups is 1. The van der Waals surface area contributed by atoms with Crippen LogP contribution in [0.2, 0.25) is 0 Å². The van der Waals surface area contributed by atoms with Gasteiger partial charge in [-0.25, -0.2) is 4.98 Å². The Balaban J connectivity index is 1.48. The third kappa shape index (κ3) is 4.92. The zero-order valence-electron chi connectivity index (χ0n) is 20.7. The summed E-state index contributed by atoms with van der Waals surface area (Å²) >= 11 is 0. The van der Waals surface area contributed by atoms with Gasteiger partial charge in [0.25, 0.3) is 11.5 Å². The van der Waals surface area contributed by atoms with Crippen LogP contribution in [0.3, 0.4) is 0 Å². The zero-order valence-corrected chi connectivity index (χ0v) is 20.7. The number of rotatable bonds is 8. The number of hydrogen-bond donors (Lipinski definition) is 0. The molecule has 2 heterocycles. The summed E-state index contributed by atoms with van der Waals surface area (Å²) in [6, 6.07) is 15.7. The molecular weight excluding hydrogens is 424 g/mol. The van der Waals surface area contributed by atoms with Gasteiger partial charge in [-0.1, -0.05) is 44.5 Å². The van der Waals surface area contributed by atoms with Crippen molar-refractivity contribution in [1.29, 1.82) is 0 Å². The molecule has 4 rings (SSSR count). The number of unbranched alkanes of at least 4 members (excludes halogenated alkanes) is 1. The molecule has 1 fully saturated rings. The number of amides is 1. The van der Waals surface area contributed by atoms with Crippen LogP contribution in [0.15, 0.2) is 53.3 Å². The Morgan fingerprint density at radius 3 is 2.32 bits per heavy atom. The number of aryl methyl sites for hydroxylation is 1. The minimum Gasteiger partial charge on any atom is -0.336 e. The zero-order chi connectivity index (χ0) is 24.1. The second kappa shape index (κ2) is 11.0. The predicted molar refractivity (Wildman–Crippen MR) is 137 cm³/mol. The molecule has 34 heavy (non-hydrogen) atoms. The smallest absolute Gasteiger partial charge is 0.261 e. The van der Waals surface area contributed by atoms with Crippen LogP contribution in [0.4, 0.5) is 0 Å². The van der Waals surface area contributed by atoms with E-state index in [9.17, 15) is 9.59 Å². The fourth-order valence-corrected chi connectivity index (χ4v) is 4.96. The van der Waals surface area contributed by atoms with Crippen LogP contribution < -0.4 is 5.56 Å². The highest BCUT2D eigenvalue weighted by molar-refractivity contribution is 5.94. The van der Waals surface area contributed by atoms with Gasteiger partial charge in [0.2, 0.25) is 0 Å². The van der Waals surface area contributed by atoms with Crippen molar-refractivity contribution in [3.8, 4) is 0 Å². The van der Waals surface area contributed by atoms with Crippen LogP contribution in [0.1, 0.15) is 67.8 Å². The minimum atomic E-state index is 0.0257. The molecule has 1 atom stereocenters. The van der Waals surface area contributed by atoms with Crippen LogP contribution in [0.25, 0.3) is 10.9 Å². The number of para-hydroxylation sites is 1. The molecule has 0 N–H and O–H groups in total. The first-order valence-electron chi connectivity index (χ1n) is 12.7. The number of piperazine rings is 1. The van der Waals surface area contributed by atoms with E-state index in [-0.39, 0.29) is 17.5 Å². The predicted octanol–water partition coefficient (Wildman–Crippen LogP) is 4.67.